The van der Waals surface area contributed by atoms with E-state index >= 15 is 0 Å². The Morgan fingerprint density at radius 3 is 2.41 bits per heavy atom. The quantitative estimate of drug-likeness (QED) is 0.538. The minimum absolute atomic E-state index is 0.0570. The Morgan fingerprint density at radius 2 is 1.78 bits per heavy atom. The Labute approximate surface area is 164 Å². The summed E-state index contributed by atoms with van der Waals surface area (Å²) in [5, 5.41) is 4.56. The fourth-order valence-corrected chi connectivity index (χ4v) is 3.02. The van der Waals surface area contributed by atoms with E-state index in [-0.39, 0.29) is 18.6 Å². The monoisotopic (exact) mass is 408 g/mol. The number of carbonyl (C=O) groups excluding carboxylic acids is 4. The first kappa shape index (κ1) is 20.6. The van der Waals surface area contributed by atoms with E-state index in [0.717, 1.165) is 11.3 Å². The molecule has 0 fully saturated rings. The summed E-state index contributed by atoms with van der Waals surface area (Å²) in [5.41, 5.74) is 0.514. The summed E-state index contributed by atoms with van der Waals surface area (Å²) in [6.07, 6.45) is -1.41. The van der Waals surface area contributed by atoms with Crippen LogP contribution in [-0.4, -0.2) is 29.8 Å². The van der Waals surface area contributed by atoms with Crippen molar-refractivity contribution in [3.63, 3.8) is 0 Å². The highest BCUT2D eigenvalue weighted by molar-refractivity contribution is 7.18. The number of nitrogens with one attached hydrogen (secondary N) is 2. The summed E-state index contributed by atoms with van der Waals surface area (Å²) >= 11 is 6.89. The number of rotatable bonds is 7. The van der Waals surface area contributed by atoms with E-state index in [4.69, 9.17) is 16.3 Å². The van der Waals surface area contributed by atoms with Gasteiger partial charge in [-0.1, -0.05) is 29.8 Å². The van der Waals surface area contributed by atoms with Crippen LogP contribution in [0.4, 0.5) is 10.5 Å². The van der Waals surface area contributed by atoms with Crippen molar-refractivity contribution in [3.8, 4) is 0 Å². The van der Waals surface area contributed by atoms with E-state index in [1.165, 1.54) is 6.92 Å². The minimum atomic E-state index is -1.18. The first-order valence-corrected chi connectivity index (χ1v) is 9.19. The molecule has 1 unspecified atom stereocenters. The molecule has 1 aromatic heterocycles. The van der Waals surface area contributed by atoms with Crippen LogP contribution in [0.2, 0.25) is 4.34 Å². The number of imide groups is 1. The average molecular weight is 409 g/mol. The molecule has 2 N–H and O–H groups in total. The summed E-state index contributed by atoms with van der Waals surface area (Å²) in [5.74, 6) is -1.71. The van der Waals surface area contributed by atoms with Gasteiger partial charge in [0, 0.05) is 12.1 Å². The molecular weight excluding hydrogens is 392 g/mol. The lowest BCUT2D eigenvalue weighted by molar-refractivity contribution is -0.154. The number of hydrogen-bond donors (Lipinski definition) is 2. The van der Waals surface area contributed by atoms with E-state index in [2.05, 4.69) is 10.6 Å². The fourth-order valence-electron chi connectivity index (χ4n) is 2.01. The topological polar surface area (TPSA) is 102 Å². The van der Waals surface area contributed by atoms with Gasteiger partial charge in [-0.15, -0.1) is 11.3 Å². The average Bonchev–Trinajstić information content (AvgIpc) is 3.06. The molecule has 0 saturated heterocycles. The maximum Gasteiger partial charge on any atom is 0.325 e. The first-order chi connectivity index (χ1) is 12.8. The molecule has 0 radical (unpaired) electrons. The molecule has 1 heterocycles. The molecule has 7 nitrogen and oxygen atoms in total. The van der Waals surface area contributed by atoms with Crippen LogP contribution >= 0.6 is 22.9 Å². The van der Waals surface area contributed by atoms with Crippen molar-refractivity contribution in [1.82, 2.24) is 5.32 Å². The van der Waals surface area contributed by atoms with Crippen LogP contribution in [0.5, 0.6) is 0 Å². The van der Waals surface area contributed by atoms with Crippen molar-refractivity contribution < 1.29 is 23.9 Å². The number of ketones is 1. The maximum atomic E-state index is 11.9. The van der Waals surface area contributed by atoms with Crippen LogP contribution in [0, 0.1) is 0 Å². The maximum absolute atomic E-state index is 11.9. The minimum Gasteiger partial charge on any atom is -0.453 e. The number of urea groups is 1. The number of amides is 3. The molecule has 0 saturated carbocycles. The van der Waals surface area contributed by atoms with E-state index in [1.54, 1.807) is 42.5 Å². The van der Waals surface area contributed by atoms with E-state index in [0.29, 0.717) is 14.9 Å². The van der Waals surface area contributed by atoms with Crippen LogP contribution in [0.15, 0.2) is 42.5 Å². The number of Topliss-reactive ketones (excluding diaryl/α,β-unsaturated/α-hetero) is 1. The molecule has 142 valence electrons. The molecule has 2 rings (SSSR count). The fraction of sp³-hybridized carbons (Fsp3) is 0.222. The lowest BCUT2D eigenvalue weighted by atomic mass is 10.2. The van der Waals surface area contributed by atoms with Crippen molar-refractivity contribution in [2.24, 2.45) is 0 Å². The van der Waals surface area contributed by atoms with Crippen LogP contribution in [0.25, 0.3) is 0 Å². The number of anilines is 1. The smallest absolute Gasteiger partial charge is 0.325 e. The van der Waals surface area contributed by atoms with Gasteiger partial charge < -0.3 is 10.1 Å². The molecule has 0 spiro atoms. The molecule has 3 amide bonds. The number of para-hydroxylation sites is 1. The summed E-state index contributed by atoms with van der Waals surface area (Å²) in [6, 6.07) is 11.0. The number of carbonyl (C=O) groups is 4. The molecule has 0 bridgehead atoms. The molecule has 9 heteroatoms. The molecule has 27 heavy (non-hydrogen) atoms. The van der Waals surface area contributed by atoms with Gasteiger partial charge in [-0.25, -0.2) is 4.79 Å². The zero-order valence-corrected chi connectivity index (χ0v) is 15.9. The molecule has 0 aliphatic rings. The Morgan fingerprint density at radius 1 is 1.07 bits per heavy atom. The Balaban J connectivity index is 1.73. The summed E-state index contributed by atoms with van der Waals surface area (Å²) in [6.45, 7) is 1.34. The number of benzene rings is 1. The van der Waals surface area contributed by atoms with Gasteiger partial charge in [-0.3, -0.25) is 19.7 Å². The van der Waals surface area contributed by atoms with Crippen LogP contribution in [0.1, 0.15) is 29.4 Å². The van der Waals surface area contributed by atoms with E-state index in [1.807, 2.05) is 0 Å². The van der Waals surface area contributed by atoms with Crippen molar-refractivity contribution in [1.29, 1.82) is 0 Å². The Hall–Kier alpha value is -2.71. The second-order valence-corrected chi connectivity index (χ2v) is 7.18. The third kappa shape index (κ3) is 6.84. The number of esters is 1. The number of hydrogen-bond acceptors (Lipinski definition) is 6. The lowest BCUT2D eigenvalue weighted by Gasteiger charge is -2.13. The molecule has 0 aliphatic carbocycles. The third-order valence-electron chi connectivity index (χ3n) is 3.35. The van der Waals surface area contributed by atoms with Gasteiger partial charge in [-0.05, 0) is 31.2 Å². The van der Waals surface area contributed by atoms with Crippen molar-refractivity contribution >= 4 is 52.3 Å². The number of ether oxygens (including phenoxy) is 1. The molecule has 1 aromatic carbocycles. The first-order valence-electron chi connectivity index (χ1n) is 8.00. The molecule has 1 atom stereocenters. The summed E-state index contributed by atoms with van der Waals surface area (Å²) in [7, 11) is 0. The molecular formula is C18H17ClN2O5S. The number of thiophene rings is 1. The van der Waals surface area contributed by atoms with Gasteiger partial charge in [0.05, 0.1) is 15.6 Å². The SMILES string of the molecule is CC(OC(=O)CCC(=O)c1ccc(Cl)s1)C(=O)NC(=O)Nc1ccccc1. The largest absolute Gasteiger partial charge is 0.453 e. The molecule has 0 aliphatic heterocycles. The van der Waals surface area contributed by atoms with Gasteiger partial charge in [0.25, 0.3) is 5.91 Å². The highest BCUT2D eigenvalue weighted by Gasteiger charge is 2.21. The van der Waals surface area contributed by atoms with Crippen LogP contribution in [-0.2, 0) is 14.3 Å². The van der Waals surface area contributed by atoms with Gasteiger partial charge in [-0.2, -0.15) is 0 Å². The number of halogens is 1. The molecule has 2 aromatic rings. The van der Waals surface area contributed by atoms with Gasteiger partial charge in [0.2, 0.25) is 0 Å². The highest BCUT2D eigenvalue weighted by atomic mass is 35.5. The third-order valence-corrected chi connectivity index (χ3v) is 4.62. The van der Waals surface area contributed by atoms with Gasteiger partial charge in [0.1, 0.15) is 0 Å². The summed E-state index contributed by atoms with van der Waals surface area (Å²) in [4.78, 5) is 47.8. The Bertz CT molecular complexity index is 837. The Kier molecular flexibility index (Phi) is 7.51. The second kappa shape index (κ2) is 9.84. The van der Waals surface area contributed by atoms with Crippen molar-refractivity contribution in [2.75, 3.05) is 5.32 Å². The normalized spacial score (nSPS) is 11.3. The standard InChI is InChI=1S/C18H17ClN2O5S/c1-11(17(24)21-18(25)20-12-5-3-2-4-6-12)26-16(23)10-7-13(22)14-8-9-15(19)27-14/h2-6,8-9,11H,7,10H2,1H3,(H2,20,21,24,25). The van der Waals surface area contributed by atoms with Crippen molar-refractivity contribution in [3.05, 3.63) is 51.7 Å². The lowest BCUT2D eigenvalue weighted by Crippen LogP contribution is -2.41. The second-order valence-electron chi connectivity index (χ2n) is 5.47. The van der Waals surface area contributed by atoms with Crippen LogP contribution < -0.4 is 10.6 Å². The van der Waals surface area contributed by atoms with E-state index in [9.17, 15) is 19.2 Å². The van der Waals surface area contributed by atoms with Crippen LogP contribution in [0.3, 0.4) is 0 Å². The predicted octanol–water partition coefficient (Wildman–Crippen LogP) is 3.64. The van der Waals surface area contributed by atoms with Gasteiger partial charge in [0.15, 0.2) is 11.9 Å². The zero-order valence-electron chi connectivity index (χ0n) is 14.4. The van der Waals surface area contributed by atoms with Gasteiger partial charge >= 0.3 is 12.0 Å². The van der Waals surface area contributed by atoms with E-state index < -0.39 is 24.0 Å². The van der Waals surface area contributed by atoms with Crippen molar-refractivity contribution in [2.45, 2.75) is 25.9 Å². The predicted molar refractivity (Wildman–Crippen MR) is 102 cm³/mol. The highest BCUT2D eigenvalue weighted by Crippen LogP contribution is 2.23. The summed E-state index contributed by atoms with van der Waals surface area (Å²) < 4.78 is 5.43. The zero-order chi connectivity index (χ0) is 19.8.